The van der Waals surface area contributed by atoms with Crippen LogP contribution < -0.4 is 20.1 Å². The number of nitrogens with zero attached hydrogens (tertiary/aromatic N) is 2. The number of aryl methyl sites for hydroxylation is 1. The van der Waals surface area contributed by atoms with Gasteiger partial charge >= 0.3 is 0 Å². The van der Waals surface area contributed by atoms with Gasteiger partial charge in [-0.15, -0.1) is 0 Å². The smallest absolute Gasteiger partial charge is 0.257 e. The van der Waals surface area contributed by atoms with Crippen molar-refractivity contribution in [2.24, 2.45) is 0 Å². The van der Waals surface area contributed by atoms with E-state index in [1.54, 1.807) is 43.5 Å². The number of hydrogen-bond donors (Lipinski definition) is 2. The molecule has 0 radical (unpaired) electrons. The van der Waals surface area contributed by atoms with E-state index in [2.05, 4.69) is 20.8 Å². The zero-order valence-corrected chi connectivity index (χ0v) is 13.3. The SMILES string of the molecule is Cc1cc(Nc2cncc(C(=O)Nc3ccc4c(c3)OCO4)c2)no1. The van der Waals surface area contributed by atoms with Crippen molar-refractivity contribution < 1.29 is 18.8 Å². The van der Waals surface area contributed by atoms with Crippen molar-refractivity contribution in [3.05, 3.63) is 54.0 Å². The van der Waals surface area contributed by atoms with Gasteiger partial charge in [0.25, 0.3) is 5.91 Å². The minimum absolute atomic E-state index is 0.186. The molecule has 0 aliphatic carbocycles. The molecular weight excluding hydrogens is 324 g/mol. The van der Waals surface area contributed by atoms with Gasteiger partial charge in [-0.05, 0) is 25.1 Å². The molecule has 25 heavy (non-hydrogen) atoms. The van der Waals surface area contributed by atoms with E-state index >= 15 is 0 Å². The summed E-state index contributed by atoms with van der Waals surface area (Å²) < 4.78 is 15.5. The number of rotatable bonds is 4. The Morgan fingerprint density at radius 1 is 1.08 bits per heavy atom. The summed E-state index contributed by atoms with van der Waals surface area (Å²) in [5, 5.41) is 9.69. The van der Waals surface area contributed by atoms with E-state index in [0.29, 0.717) is 40.0 Å². The Morgan fingerprint density at radius 3 is 2.80 bits per heavy atom. The highest BCUT2D eigenvalue weighted by Crippen LogP contribution is 2.34. The number of anilines is 3. The highest BCUT2D eigenvalue weighted by atomic mass is 16.7. The fourth-order valence-electron chi connectivity index (χ4n) is 2.38. The molecule has 4 rings (SSSR count). The molecule has 2 aromatic heterocycles. The lowest BCUT2D eigenvalue weighted by Crippen LogP contribution is -2.12. The molecule has 1 aliphatic heterocycles. The van der Waals surface area contributed by atoms with Crippen LogP contribution in [0.5, 0.6) is 11.5 Å². The predicted molar refractivity (Wildman–Crippen MR) is 89.3 cm³/mol. The molecule has 0 saturated heterocycles. The summed E-state index contributed by atoms with van der Waals surface area (Å²) in [5.41, 5.74) is 1.65. The van der Waals surface area contributed by atoms with Gasteiger partial charge in [0.2, 0.25) is 6.79 Å². The maximum Gasteiger partial charge on any atom is 0.257 e. The second kappa shape index (κ2) is 6.16. The molecule has 8 nitrogen and oxygen atoms in total. The molecule has 126 valence electrons. The lowest BCUT2D eigenvalue weighted by atomic mass is 10.2. The first-order valence-corrected chi connectivity index (χ1v) is 7.54. The first-order valence-electron chi connectivity index (χ1n) is 7.54. The molecular formula is C17H14N4O4. The third kappa shape index (κ3) is 3.23. The lowest BCUT2D eigenvalue weighted by molar-refractivity contribution is 0.102. The minimum atomic E-state index is -0.286. The summed E-state index contributed by atoms with van der Waals surface area (Å²) in [6.07, 6.45) is 3.09. The lowest BCUT2D eigenvalue weighted by Gasteiger charge is -2.07. The number of amides is 1. The standard InChI is InChI=1S/C17H14N4O4/c1-10-4-16(21-25-10)19-13-5-11(7-18-8-13)17(22)20-12-2-3-14-15(6-12)24-9-23-14/h2-8H,9H2,1H3,(H,19,21)(H,20,22). The van der Waals surface area contributed by atoms with E-state index in [-0.39, 0.29) is 12.7 Å². The van der Waals surface area contributed by atoms with E-state index in [9.17, 15) is 4.79 Å². The van der Waals surface area contributed by atoms with Crippen molar-refractivity contribution in [2.75, 3.05) is 17.4 Å². The number of fused-ring (bicyclic) bond motifs is 1. The second-order valence-corrected chi connectivity index (χ2v) is 5.43. The van der Waals surface area contributed by atoms with Crippen LogP contribution in [0.25, 0.3) is 0 Å². The van der Waals surface area contributed by atoms with Gasteiger partial charge in [-0.3, -0.25) is 9.78 Å². The van der Waals surface area contributed by atoms with Crippen molar-refractivity contribution in [1.29, 1.82) is 0 Å². The topological polar surface area (TPSA) is 98.5 Å². The maximum absolute atomic E-state index is 12.4. The quantitative estimate of drug-likeness (QED) is 0.754. The number of ether oxygens (including phenoxy) is 2. The minimum Gasteiger partial charge on any atom is -0.454 e. The molecule has 1 aliphatic rings. The maximum atomic E-state index is 12.4. The summed E-state index contributed by atoms with van der Waals surface area (Å²) >= 11 is 0. The highest BCUT2D eigenvalue weighted by molar-refractivity contribution is 6.04. The van der Waals surface area contributed by atoms with Crippen molar-refractivity contribution in [3.8, 4) is 11.5 Å². The third-order valence-electron chi connectivity index (χ3n) is 3.53. The van der Waals surface area contributed by atoms with Crippen LogP contribution >= 0.6 is 0 Å². The van der Waals surface area contributed by atoms with Crippen LogP contribution in [0.1, 0.15) is 16.1 Å². The number of benzene rings is 1. The third-order valence-corrected chi connectivity index (χ3v) is 3.53. The molecule has 3 heterocycles. The van der Waals surface area contributed by atoms with Crippen LogP contribution in [0, 0.1) is 6.92 Å². The normalized spacial score (nSPS) is 12.0. The first-order chi connectivity index (χ1) is 12.2. The van der Waals surface area contributed by atoms with E-state index in [1.165, 1.54) is 6.20 Å². The molecule has 1 amide bonds. The van der Waals surface area contributed by atoms with Gasteiger partial charge in [0, 0.05) is 24.0 Å². The van der Waals surface area contributed by atoms with Gasteiger partial charge in [-0.1, -0.05) is 5.16 Å². The zero-order valence-electron chi connectivity index (χ0n) is 13.3. The zero-order chi connectivity index (χ0) is 17.2. The predicted octanol–water partition coefficient (Wildman–Crippen LogP) is 3.10. The Kier molecular flexibility index (Phi) is 3.70. The molecule has 3 aromatic rings. The van der Waals surface area contributed by atoms with Crippen molar-refractivity contribution in [1.82, 2.24) is 10.1 Å². The average molecular weight is 338 g/mol. The van der Waals surface area contributed by atoms with Gasteiger partial charge in [-0.2, -0.15) is 0 Å². The fourth-order valence-corrected chi connectivity index (χ4v) is 2.38. The molecule has 0 unspecified atom stereocenters. The molecule has 2 N–H and O–H groups in total. The summed E-state index contributed by atoms with van der Waals surface area (Å²) in [4.78, 5) is 16.5. The Morgan fingerprint density at radius 2 is 1.96 bits per heavy atom. The number of carbonyl (C=O) groups is 1. The van der Waals surface area contributed by atoms with E-state index in [0.717, 1.165) is 0 Å². The molecule has 0 atom stereocenters. The second-order valence-electron chi connectivity index (χ2n) is 5.43. The van der Waals surface area contributed by atoms with Crippen LogP contribution in [0.15, 0.2) is 47.2 Å². The van der Waals surface area contributed by atoms with Crippen LogP contribution in [0.4, 0.5) is 17.2 Å². The van der Waals surface area contributed by atoms with Crippen LogP contribution in [0.2, 0.25) is 0 Å². The fraction of sp³-hybridized carbons (Fsp3) is 0.118. The monoisotopic (exact) mass is 338 g/mol. The molecule has 0 spiro atoms. The van der Waals surface area contributed by atoms with Crippen LogP contribution in [-0.2, 0) is 0 Å². The van der Waals surface area contributed by atoms with Gasteiger partial charge in [0.05, 0.1) is 17.4 Å². The number of nitrogens with one attached hydrogen (secondary N) is 2. The molecule has 1 aromatic carbocycles. The molecule has 0 saturated carbocycles. The summed E-state index contributed by atoms with van der Waals surface area (Å²) in [5.74, 6) is 2.22. The molecule has 0 bridgehead atoms. The first kappa shape index (κ1) is 15.0. The van der Waals surface area contributed by atoms with Crippen molar-refractivity contribution in [3.63, 3.8) is 0 Å². The highest BCUT2D eigenvalue weighted by Gasteiger charge is 2.15. The van der Waals surface area contributed by atoms with Gasteiger partial charge in [0.1, 0.15) is 5.76 Å². The Hall–Kier alpha value is -3.55. The average Bonchev–Trinajstić information content (AvgIpc) is 3.23. The number of pyridine rings is 1. The van der Waals surface area contributed by atoms with Gasteiger partial charge < -0.3 is 24.6 Å². The summed E-state index contributed by atoms with van der Waals surface area (Å²) in [6.45, 7) is 1.98. The van der Waals surface area contributed by atoms with Crippen LogP contribution in [-0.4, -0.2) is 22.8 Å². The Labute approximate surface area is 142 Å². The summed E-state index contributed by atoms with van der Waals surface area (Å²) in [6, 6.07) is 8.65. The van der Waals surface area contributed by atoms with E-state index in [4.69, 9.17) is 14.0 Å². The van der Waals surface area contributed by atoms with Gasteiger partial charge in [-0.25, -0.2) is 0 Å². The van der Waals surface area contributed by atoms with Crippen molar-refractivity contribution >= 4 is 23.1 Å². The van der Waals surface area contributed by atoms with Crippen LogP contribution in [0.3, 0.4) is 0 Å². The van der Waals surface area contributed by atoms with Gasteiger partial charge in [0.15, 0.2) is 17.3 Å². The number of carbonyl (C=O) groups excluding carboxylic acids is 1. The Bertz CT molecular complexity index is 938. The van der Waals surface area contributed by atoms with E-state index in [1.807, 2.05) is 0 Å². The van der Waals surface area contributed by atoms with Crippen molar-refractivity contribution in [2.45, 2.75) is 6.92 Å². The Balaban J connectivity index is 1.49. The van der Waals surface area contributed by atoms with E-state index < -0.39 is 0 Å². The number of aromatic nitrogens is 2. The molecule has 0 fully saturated rings. The largest absolute Gasteiger partial charge is 0.454 e. The molecule has 8 heteroatoms. The summed E-state index contributed by atoms with van der Waals surface area (Å²) in [7, 11) is 0. The number of hydrogen-bond acceptors (Lipinski definition) is 7.